The monoisotopic (exact) mass is 190 g/mol. The zero-order valence-electron chi connectivity index (χ0n) is 8.50. The first kappa shape index (κ1) is 12.4. The summed E-state index contributed by atoms with van der Waals surface area (Å²) in [4.78, 5) is 11.0. The Morgan fingerprint density at radius 1 is 1.54 bits per heavy atom. The Morgan fingerprint density at radius 3 is 2.62 bits per heavy atom. The fraction of sp³-hybridized carbons (Fsp3) is 0.889. The lowest BCUT2D eigenvalue weighted by Gasteiger charge is -2.19. The highest BCUT2D eigenvalue weighted by Gasteiger charge is 2.24. The highest BCUT2D eigenvalue weighted by atomic mass is 16.6. The summed E-state index contributed by atoms with van der Waals surface area (Å²) < 4.78 is 9.51. The van der Waals surface area contributed by atoms with Crippen LogP contribution in [0.1, 0.15) is 33.1 Å². The Morgan fingerprint density at radius 2 is 2.15 bits per heavy atom. The first-order valence-corrected chi connectivity index (χ1v) is 4.45. The van der Waals surface area contributed by atoms with E-state index in [0.29, 0.717) is 6.61 Å². The van der Waals surface area contributed by atoms with Crippen LogP contribution in [0.3, 0.4) is 0 Å². The Kier molecular flexibility index (Phi) is 5.66. The van der Waals surface area contributed by atoms with Gasteiger partial charge in [-0.05, 0) is 13.3 Å². The molecule has 0 heterocycles. The molecule has 4 heteroatoms. The van der Waals surface area contributed by atoms with Crippen molar-refractivity contribution < 1.29 is 19.4 Å². The average molecular weight is 190 g/mol. The number of aliphatic hydroxyl groups is 1. The van der Waals surface area contributed by atoms with Crippen molar-refractivity contribution in [3.05, 3.63) is 0 Å². The minimum absolute atomic E-state index is 0.132. The summed E-state index contributed by atoms with van der Waals surface area (Å²) in [6, 6.07) is 0. The molecule has 1 N–H and O–H groups in total. The third-order valence-corrected chi connectivity index (χ3v) is 1.67. The minimum atomic E-state index is -1.41. The maximum atomic E-state index is 11.0. The van der Waals surface area contributed by atoms with Crippen molar-refractivity contribution >= 4 is 5.97 Å². The molecule has 0 amide bonds. The number of carbonyl (C=O) groups is 1. The van der Waals surface area contributed by atoms with Crippen LogP contribution < -0.4 is 0 Å². The van der Waals surface area contributed by atoms with E-state index in [1.165, 1.54) is 14.0 Å². The zero-order valence-corrected chi connectivity index (χ0v) is 8.50. The van der Waals surface area contributed by atoms with E-state index in [9.17, 15) is 9.90 Å². The van der Waals surface area contributed by atoms with Crippen LogP contribution in [0.15, 0.2) is 0 Å². The van der Waals surface area contributed by atoms with Crippen molar-refractivity contribution in [3.8, 4) is 0 Å². The van der Waals surface area contributed by atoms with Crippen molar-refractivity contribution in [1.29, 1.82) is 0 Å². The zero-order chi connectivity index (χ0) is 10.3. The van der Waals surface area contributed by atoms with Crippen LogP contribution in [0, 0.1) is 0 Å². The molecule has 0 aromatic carbocycles. The molecule has 0 bridgehead atoms. The summed E-state index contributed by atoms with van der Waals surface area (Å²) in [5, 5.41) is 9.33. The van der Waals surface area contributed by atoms with Gasteiger partial charge in [0, 0.05) is 7.11 Å². The van der Waals surface area contributed by atoms with E-state index in [-0.39, 0.29) is 6.42 Å². The lowest BCUT2D eigenvalue weighted by atomic mass is 10.2. The number of unbranched alkanes of at least 4 members (excludes halogenated alkanes) is 1. The van der Waals surface area contributed by atoms with Gasteiger partial charge >= 0.3 is 5.97 Å². The number of rotatable bonds is 6. The van der Waals surface area contributed by atoms with Crippen LogP contribution in [0.4, 0.5) is 0 Å². The molecule has 0 unspecified atom stereocenters. The molecule has 0 aromatic rings. The number of ether oxygens (including phenoxy) is 2. The predicted octanol–water partition coefficient (Wildman–Crippen LogP) is 1.07. The summed E-state index contributed by atoms with van der Waals surface area (Å²) in [6.45, 7) is 3.85. The molecule has 0 fully saturated rings. The first-order chi connectivity index (χ1) is 6.02. The number of hydrogen-bond acceptors (Lipinski definition) is 4. The molecule has 1 atom stereocenters. The maximum absolute atomic E-state index is 11.0. The fourth-order valence-corrected chi connectivity index (χ4v) is 0.721. The Hall–Kier alpha value is -0.610. The van der Waals surface area contributed by atoms with Gasteiger partial charge in [-0.1, -0.05) is 13.3 Å². The van der Waals surface area contributed by atoms with E-state index in [1.807, 2.05) is 6.92 Å². The lowest BCUT2D eigenvalue weighted by Crippen LogP contribution is -2.30. The summed E-state index contributed by atoms with van der Waals surface area (Å²) in [5.41, 5.74) is 0. The fourth-order valence-electron chi connectivity index (χ4n) is 0.721. The molecule has 0 saturated carbocycles. The third kappa shape index (κ3) is 6.54. The average Bonchev–Trinajstić information content (AvgIpc) is 2.04. The Labute approximate surface area is 78.8 Å². The Balaban J connectivity index is 3.62. The molecule has 0 aliphatic heterocycles. The van der Waals surface area contributed by atoms with Crippen LogP contribution in [0.25, 0.3) is 0 Å². The van der Waals surface area contributed by atoms with Crippen LogP contribution in [-0.2, 0) is 14.3 Å². The second kappa shape index (κ2) is 5.94. The largest absolute Gasteiger partial charge is 0.466 e. The molecule has 0 aromatic heterocycles. The number of methoxy groups -OCH3 is 1. The van der Waals surface area contributed by atoms with Crippen molar-refractivity contribution in [1.82, 2.24) is 0 Å². The van der Waals surface area contributed by atoms with E-state index < -0.39 is 11.8 Å². The molecule has 0 spiro atoms. The molecule has 0 aliphatic rings. The van der Waals surface area contributed by atoms with E-state index >= 15 is 0 Å². The summed E-state index contributed by atoms with van der Waals surface area (Å²) >= 11 is 0. The number of carbonyl (C=O) groups excluding carboxylic acids is 1. The normalized spacial score (nSPS) is 15.1. The second-order valence-corrected chi connectivity index (χ2v) is 3.13. The quantitative estimate of drug-likeness (QED) is 0.387. The van der Waals surface area contributed by atoms with E-state index in [0.717, 1.165) is 12.8 Å². The van der Waals surface area contributed by atoms with Crippen LogP contribution >= 0.6 is 0 Å². The molecule has 78 valence electrons. The van der Waals surface area contributed by atoms with Crippen LogP contribution in [0.5, 0.6) is 0 Å². The molecular formula is C9H18O4. The van der Waals surface area contributed by atoms with E-state index in [4.69, 9.17) is 4.74 Å². The number of esters is 1. The molecule has 0 saturated heterocycles. The molecule has 4 nitrogen and oxygen atoms in total. The summed E-state index contributed by atoms with van der Waals surface area (Å²) in [6.07, 6.45) is 1.70. The van der Waals surface area contributed by atoms with Gasteiger partial charge < -0.3 is 14.6 Å². The van der Waals surface area contributed by atoms with E-state index in [1.54, 1.807) is 0 Å². The standard InChI is InChI=1S/C9H18O4/c1-4-5-6-13-8(10)7-9(2,11)12-3/h11H,4-7H2,1-3H3/t9-/m0/s1. The van der Waals surface area contributed by atoms with Gasteiger partial charge in [-0.25, -0.2) is 0 Å². The Bertz CT molecular complexity index is 154. The maximum Gasteiger partial charge on any atom is 0.311 e. The van der Waals surface area contributed by atoms with Gasteiger partial charge in [-0.15, -0.1) is 0 Å². The summed E-state index contributed by atoms with van der Waals surface area (Å²) in [5.74, 6) is -1.84. The smallest absolute Gasteiger partial charge is 0.311 e. The minimum Gasteiger partial charge on any atom is -0.466 e. The topological polar surface area (TPSA) is 55.8 Å². The van der Waals surface area contributed by atoms with Crippen LogP contribution in [-0.4, -0.2) is 30.6 Å². The van der Waals surface area contributed by atoms with Crippen molar-refractivity contribution in [3.63, 3.8) is 0 Å². The van der Waals surface area contributed by atoms with Crippen molar-refractivity contribution in [2.75, 3.05) is 13.7 Å². The van der Waals surface area contributed by atoms with Gasteiger partial charge in [0.25, 0.3) is 0 Å². The van der Waals surface area contributed by atoms with Gasteiger partial charge in [0.1, 0.15) is 0 Å². The van der Waals surface area contributed by atoms with Crippen LogP contribution in [0.2, 0.25) is 0 Å². The third-order valence-electron chi connectivity index (χ3n) is 1.67. The molecule has 0 rings (SSSR count). The van der Waals surface area contributed by atoms with Gasteiger partial charge in [0.05, 0.1) is 13.0 Å². The lowest BCUT2D eigenvalue weighted by molar-refractivity contribution is -0.190. The van der Waals surface area contributed by atoms with Crippen molar-refractivity contribution in [2.45, 2.75) is 38.9 Å². The van der Waals surface area contributed by atoms with Gasteiger partial charge in [0.2, 0.25) is 0 Å². The number of hydrogen-bond donors (Lipinski definition) is 1. The molecule has 13 heavy (non-hydrogen) atoms. The van der Waals surface area contributed by atoms with Gasteiger partial charge in [-0.2, -0.15) is 0 Å². The molecule has 0 radical (unpaired) electrons. The van der Waals surface area contributed by atoms with Crippen molar-refractivity contribution in [2.24, 2.45) is 0 Å². The molecule has 0 aliphatic carbocycles. The summed E-state index contributed by atoms with van der Waals surface area (Å²) in [7, 11) is 1.35. The molecular weight excluding hydrogens is 172 g/mol. The predicted molar refractivity (Wildman–Crippen MR) is 48.1 cm³/mol. The van der Waals surface area contributed by atoms with Gasteiger partial charge in [-0.3, -0.25) is 4.79 Å². The highest BCUT2D eigenvalue weighted by molar-refractivity contribution is 5.70. The highest BCUT2D eigenvalue weighted by Crippen LogP contribution is 2.10. The SMILES string of the molecule is CCCCOC(=O)C[C@@](C)(O)OC. The first-order valence-electron chi connectivity index (χ1n) is 4.45. The van der Waals surface area contributed by atoms with Gasteiger partial charge in [0.15, 0.2) is 5.79 Å². The second-order valence-electron chi connectivity index (χ2n) is 3.13. The van der Waals surface area contributed by atoms with E-state index in [2.05, 4.69) is 4.74 Å².